The van der Waals surface area contributed by atoms with Crippen LogP contribution in [0.15, 0.2) is 18.2 Å². The number of halogens is 1. The van der Waals surface area contributed by atoms with Crippen LogP contribution in [0.25, 0.3) is 0 Å². The van der Waals surface area contributed by atoms with Gasteiger partial charge in [0.25, 0.3) is 5.91 Å². The molecule has 0 saturated carbocycles. The zero-order valence-corrected chi connectivity index (χ0v) is 14.6. The summed E-state index contributed by atoms with van der Waals surface area (Å²) >= 11 is 0. The largest absolute Gasteiger partial charge is 0.355 e. The van der Waals surface area contributed by atoms with Crippen LogP contribution in [0.2, 0.25) is 0 Å². The molecule has 1 unspecified atom stereocenters. The van der Waals surface area contributed by atoms with E-state index >= 15 is 0 Å². The molecule has 0 bridgehead atoms. The molecule has 1 aromatic carbocycles. The standard InChI is InChI=1S/C17H25N3O2.ClH/c1-12-5-6-14(10-13(12)2)17(22)20-9-3-4-15(11-20)16(21)19-8-7-18;/h5-6,10,15H,3-4,7-9,11,18H2,1-2H3,(H,19,21);1H. The van der Waals surface area contributed by atoms with Crippen molar-refractivity contribution < 1.29 is 9.59 Å². The average Bonchev–Trinajstić information content (AvgIpc) is 2.54. The molecule has 0 radical (unpaired) electrons. The molecule has 6 heteroatoms. The molecule has 1 aliphatic heterocycles. The highest BCUT2D eigenvalue weighted by atomic mass is 35.5. The van der Waals surface area contributed by atoms with Crippen molar-refractivity contribution in [2.45, 2.75) is 26.7 Å². The number of carbonyl (C=O) groups excluding carboxylic acids is 2. The molecule has 3 N–H and O–H groups in total. The minimum absolute atomic E-state index is 0. The molecule has 1 aromatic rings. The second kappa shape index (κ2) is 8.89. The van der Waals surface area contributed by atoms with Gasteiger partial charge in [-0.2, -0.15) is 0 Å². The van der Waals surface area contributed by atoms with Crippen LogP contribution in [-0.2, 0) is 4.79 Å². The van der Waals surface area contributed by atoms with Crippen molar-refractivity contribution in [3.05, 3.63) is 34.9 Å². The summed E-state index contributed by atoms with van der Waals surface area (Å²) in [5.74, 6) is -0.113. The predicted octanol–water partition coefficient (Wildman–Crippen LogP) is 1.65. The van der Waals surface area contributed by atoms with E-state index in [1.807, 2.05) is 32.0 Å². The quantitative estimate of drug-likeness (QED) is 0.875. The van der Waals surface area contributed by atoms with Gasteiger partial charge in [-0.25, -0.2) is 0 Å². The normalized spacial score (nSPS) is 17.3. The first-order chi connectivity index (χ1) is 10.5. The Hall–Kier alpha value is -1.59. The smallest absolute Gasteiger partial charge is 0.253 e. The monoisotopic (exact) mass is 339 g/mol. The highest BCUT2D eigenvalue weighted by Gasteiger charge is 2.28. The molecule has 0 aromatic heterocycles. The van der Waals surface area contributed by atoms with Crippen LogP contribution in [0.5, 0.6) is 0 Å². The lowest BCUT2D eigenvalue weighted by molar-refractivity contribution is -0.126. The first-order valence-electron chi connectivity index (χ1n) is 7.87. The number of nitrogens with one attached hydrogen (secondary N) is 1. The van der Waals surface area contributed by atoms with Crippen LogP contribution in [0.1, 0.15) is 34.3 Å². The molecular weight excluding hydrogens is 314 g/mol. The van der Waals surface area contributed by atoms with Gasteiger partial charge in [-0.1, -0.05) is 6.07 Å². The van der Waals surface area contributed by atoms with Gasteiger partial charge < -0.3 is 16.0 Å². The first kappa shape index (κ1) is 19.5. The number of piperidine rings is 1. The van der Waals surface area contributed by atoms with Crippen LogP contribution in [0.3, 0.4) is 0 Å². The number of carbonyl (C=O) groups is 2. The SMILES string of the molecule is Cc1ccc(C(=O)N2CCCC(C(=O)NCCN)C2)cc1C.Cl. The maximum absolute atomic E-state index is 12.6. The van der Waals surface area contributed by atoms with Gasteiger partial charge in [-0.15, -0.1) is 12.4 Å². The summed E-state index contributed by atoms with van der Waals surface area (Å²) in [7, 11) is 0. The summed E-state index contributed by atoms with van der Waals surface area (Å²) in [4.78, 5) is 26.5. The lowest BCUT2D eigenvalue weighted by Gasteiger charge is -2.32. The van der Waals surface area contributed by atoms with Gasteiger partial charge in [0.15, 0.2) is 0 Å². The number of hydrogen-bond donors (Lipinski definition) is 2. The van der Waals surface area contributed by atoms with E-state index in [0.717, 1.165) is 18.4 Å². The highest BCUT2D eigenvalue weighted by molar-refractivity contribution is 5.95. The number of hydrogen-bond acceptors (Lipinski definition) is 3. The van der Waals surface area contributed by atoms with Crippen LogP contribution in [-0.4, -0.2) is 42.9 Å². The molecule has 1 saturated heterocycles. The van der Waals surface area contributed by atoms with E-state index in [9.17, 15) is 9.59 Å². The number of nitrogens with zero attached hydrogens (tertiary/aromatic N) is 1. The van der Waals surface area contributed by atoms with Crippen molar-refractivity contribution >= 4 is 24.2 Å². The number of nitrogens with two attached hydrogens (primary N) is 1. The average molecular weight is 340 g/mol. The van der Waals surface area contributed by atoms with Gasteiger partial charge in [0.05, 0.1) is 5.92 Å². The predicted molar refractivity (Wildman–Crippen MR) is 93.9 cm³/mol. The third-order valence-corrected chi connectivity index (χ3v) is 4.28. The Balaban J connectivity index is 0.00000264. The molecule has 2 amide bonds. The molecule has 2 rings (SSSR count). The molecule has 5 nitrogen and oxygen atoms in total. The zero-order chi connectivity index (χ0) is 16.1. The van der Waals surface area contributed by atoms with Crippen molar-refractivity contribution in [1.29, 1.82) is 0 Å². The fourth-order valence-electron chi connectivity index (χ4n) is 2.77. The molecule has 1 atom stereocenters. The van der Waals surface area contributed by atoms with Crippen LogP contribution in [0, 0.1) is 19.8 Å². The van der Waals surface area contributed by atoms with Crippen molar-refractivity contribution in [3.8, 4) is 0 Å². The molecule has 1 aliphatic rings. The van der Waals surface area contributed by atoms with E-state index in [1.165, 1.54) is 5.56 Å². The first-order valence-corrected chi connectivity index (χ1v) is 7.87. The molecule has 0 spiro atoms. The van der Waals surface area contributed by atoms with Crippen molar-refractivity contribution in [3.63, 3.8) is 0 Å². The zero-order valence-electron chi connectivity index (χ0n) is 13.8. The Bertz CT molecular complexity index is 563. The lowest BCUT2D eigenvalue weighted by atomic mass is 9.96. The molecular formula is C17H26ClN3O2. The van der Waals surface area contributed by atoms with Gasteiger partial charge >= 0.3 is 0 Å². The Labute approximate surface area is 144 Å². The third kappa shape index (κ3) is 4.94. The summed E-state index contributed by atoms with van der Waals surface area (Å²) < 4.78 is 0. The Kier molecular flexibility index (Phi) is 7.52. The Morgan fingerprint density at radius 2 is 2.04 bits per heavy atom. The summed E-state index contributed by atoms with van der Waals surface area (Å²) in [6.07, 6.45) is 1.68. The number of likely N-dealkylation sites (tertiary alicyclic amines) is 1. The fraction of sp³-hybridized carbons (Fsp3) is 0.529. The number of benzene rings is 1. The molecule has 23 heavy (non-hydrogen) atoms. The second-order valence-electron chi connectivity index (χ2n) is 5.97. The minimum atomic E-state index is -0.129. The van der Waals surface area contributed by atoms with Gasteiger partial charge in [0.2, 0.25) is 5.91 Å². The summed E-state index contributed by atoms with van der Waals surface area (Å²) in [5.41, 5.74) is 8.39. The number of rotatable bonds is 4. The van der Waals surface area contributed by atoms with Crippen LogP contribution in [0.4, 0.5) is 0 Å². The van der Waals surface area contributed by atoms with E-state index in [1.54, 1.807) is 4.90 Å². The van der Waals surface area contributed by atoms with Crippen molar-refractivity contribution in [2.75, 3.05) is 26.2 Å². The molecule has 0 aliphatic carbocycles. The highest BCUT2D eigenvalue weighted by Crippen LogP contribution is 2.20. The van der Waals surface area contributed by atoms with E-state index in [-0.39, 0.29) is 30.1 Å². The van der Waals surface area contributed by atoms with Gasteiger partial charge in [-0.3, -0.25) is 9.59 Å². The molecule has 1 heterocycles. The molecule has 1 fully saturated rings. The van der Waals surface area contributed by atoms with Crippen LogP contribution < -0.4 is 11.1 Å². The number of amides is 2. The maximum atomic E-state index is 12.6. The van der Waals surface area contributed by atoms with Crippen molar-refractivity contribution in [2.24, 2.45) is 11.7 Å². The van der Waals surface area contributed by atoms with E-state index < -0.39 is 0 Å². The topological polar surface area (TPSA) is 75.4 Å². The molecule has 128 valence electrons. The van der Waals surface area contributed by atoms with E-state index in [4.69, 9.17) is 5.73 Å². The van der Waals surface area contributed by atoms with Gasteiger partial charge in [0.1, 0.15) is 0 Å². The summed E-state index contributed by atoms with van der Waals surface area (Å²) in [5, 5.41) is 2.82. The second-order valence-corrected chi connectivity index (χ2v) is 5.97. The Morgan fingerprint density at radius 3 is 2.70 bits per heavy atom. The van der Waals surface area contributed by atoms with Crippen molar-refractivity contribution in [1.82, 2.24) is 10.2 Å². The van der Waals surface area contributed by atoms with Gasteiger partial charge in [-0.05, 0) is 49.9 Å². The van der Waals surface area contributed by atoms with E-state index in [2.05, 4.69) is 5.32 Å². The summed E-state index contributed by atoms with van der Waals surface area (Å²) in [6.45, 7) is 6.16. The summed E-state index contributed by atoms with van der Waals surface area (Å²) in [6, 6.07) is 5.76. The minimum Gasteiger partial charge on any atom is -0.355 e. The maximum Gasteiger partial charge on any atom is 0.253 e. The lowest BCUT2D eigenvalue weighted by Crippen LogP contribution is -2.46. The van der Waals surface area contributed by atoms with Gasteiger partial charge in [0, 0.05) is 31.7 Å². The number of aryl methyl sites for hydroxylation is 2. The van der Waals surface area contributed by atoms with Crippen LogP contribution >= 0.6 is 12.4 Å². The third-order valence-electron chi connectivity index (χ3n) is 4.28. The van der Waals surface area contributed by atoms with E-state index in [0.29, 0.717) is 31.7 Å². The Morgan fingerprint density at radius 1 is 1.30 bits per heavy atom. The fourth-order valence-corrected chi connectivity index (χ4v) is 2.77.